The predicted octanol–water partition coefficient (Wildman–Crippen LogP) is 2.54. The maximum atomic E-state index is 5.71. The van der Waals surface area contributed by atoms with Crippen LogP contribution in [0, 0.1) is 0 Å². The number of nitrogens with one attached hydrogen (secondary N) is 1. The van der Waals surface area contributed by atoms with E-state index in [0.717, 1.165) is 18.0 Å². The van der Waals surface area contributed by atoms with Gasteiger partial charge in [0.05, 0.1) is 0 Å². The maximum Gasteiger partial charge on any atom is 0.323 e. The first-order valence-corrected chi connectivity index (χ1v) is 8.07. The molecule has 21 heavy (non-hydrogen) atoms. The molecule has 1 aliphatic rings. The van der Waals surface area contributed by atoms with Gasteiger partial charge in [0.2, 0.25) is 11.9 Å². The molecule has 6 nitrogen and oxygen atoms in total. The molecule has 3 heterocycles. The van der Waals surface area contributed by atoms with Crippen LogP contribution in [-0.4, -0.2) is 35.1 Å². The Hall–Kier alpha value is -1.89. The van der Waals surface area contributed by atoms with Crippen LogP contribution in [0.4, 0.5) is 11.9 Å². The maximum absolute atomic E-state index is 5.71. The minimum Gasteiger partial charge on any atom is -0.458 e. The average molecular weight is 305 g/mol. The summed E-state index contributed by atoms with van der Waals surface area (Å²) in [5.41, 5.74) is 0. The lowest BCUT2D eigenvalue weighted by Gasteiger charge is -2.26. The Morgan fingerprint density at radius 2 is 2.10 bits per heavy atom. The molecule has 7 heteroatoms. The summed E-state index contributed by atoms with van der Waals surface area (Å²) in [4.78, 5) is 16.5. The Kier molecular flexibility index (Phi) is 4.49. The fourth-order valence-corrected chi connectivity index (χ4v) is 2.90. The van der Waals surface area contributed by atoms with Crippen LogP contribution in [0.25, 0.3) is 0 Å². The predicted molar refractivity (Wildman–Crippen MR) is 84.1 cm³/mol. The van der Waals surface area contributed by atoms with Crippen LogP contribution < -0.4 is 15.0 Å². The zero-order valence-corrected chi connectivity index (χ0v) is 12.9. The summed E-state index contributed by atoms with van der Waals surface area (Å²) >= 11 is 1.66. The van der Waals surface area contributed by atoms with E-state index in [-0.39, 0.29) is 0 Å². The molecule has 0 atom stereocenters. The first-order chi connectivity index (χ1) is 10.3. The van der Waals surface area contributed by atoms with Crippen molar-refractivity contribution in [2.45, 2.75) is 25.9 Å². The van der Waals surface area contributed by atoms with Gasteiger partial charge in [0.25, 0.3) is 0 Å². The molecule has 2 aromatic heterocycles. The molecule has 2 aromatic rings. The van der Waals surface area contributed by atoms with E-state index in [9.17, 15) is 0 Å². The summed E-state index contributed by atoms with van der Waals surface area (Å²) in [6.45, 7) is 2.49. The second-order valence-electron chi connectivity index (χ2n) is 4.91. The fourth-order valence-electron chi connectivity index (χ4n) is 2.29. The molecule has 0 bridgehead atoms. The third-order valence-electron chi connectivity index (χ3n) is 3.39. The van der Waals surface area contributed by atoms with Crippen LogP contribution in [0.3, 0.4) is 0 Å². The first kappa shape index (κ1) is 14.1. The van der Waals surface area contributed by atoms with Gasteiger partial charge in [-0.2, -0.15) is 15.0 Å². The van der Waals surface area contributed by atoms with Crippen molar-refractivity contribution >= 4 is 23.2 Å². The molecule has 0 spiro atoms. The lowest BCUT2D eigenvalue weighted by atomic mass is 10.1. The molecule has 1 fully saturated rings. The highest BCUT2D eigenvalue weighted by molar-refractivity contribution is 7.09. The molecule has 0 radical (unpaired) electrons. The van der Waals surface area contributed by atoms with E-state index in [1.165, 1.54) is 19.3 Å². The van der Waals surface area contributed by atoms with Crippen molar-refractivity contribution < 1.29 is 4.74 Å². The van der Waals surface area contributed by atoms with Gasteiger partial charge in [-0.05, 0) is 30.7 Å². The monoisotopic (exact) mass is 305 g/mol. The van der Waals surface area contributed by atoms with E-state index in [0.29, 0.717) is 24.5 Å². The van der Waals surface area contributed by atoms with E-state index in [1.54, 1.807) is 18.4 Å². The van der Waals surface area contributed by atoms with Crippen molar-refractivity contribution in [2.75, 3.05) is 30.4 Å². The molecule has 0 amide bonds. The Labute approximate surface area is 128 Å². The van der Waals surface area contributed by atoms with Crippen molar-refractivity contribution in [3.63, 3.8) is 0 Å². The van der Waals surface area contributed by atoms with Crippen molar-refractivity contribution in [3.8, 4) is 6.01 Å². The Bertz CT molecular complexity index is 569. The van der Waals surface area contributed by atoms with E-state index in [4.69, 9.17) is 4.74 Å². The normalized spacial score (nSPS) is 15.0. The smallest absolute Gasteiger partial charge is 0.323 e. The second-order valence-corrected chi connectivity index (χ2v) is 5.94. The number of hydrogen-bond donors (Lipinski definition) is 1. The summed E-state index contributed by atoms with van der Waals surface area (Å²) in [5, 5.41) is 5.01. The van der Waals surface area contributed by atoms with Crippen LogP contribution in [0.2, 0.25) is 0 Å². The third-order valence-corrected chi connectivity index (χ3v) is 4.24. The zero-order valence-electron chi connectivity index (χ0n) is 12.1. The van der Waals surface area contributed by atoms with Crippen LogP contribution in [0.1, 0.15) is 24.1 Å². The number of nitrogens with zero attached hydrogens (tertiary/aromatic N) is 4. The topological polar surface area (TPSA) is 63.2 Å². The molecule has 0 aliphatic carbocycles. The molecule has 0 unspecified atom stereocenters. The number of rotatable bonds is 5. The van der Waals surface area contributed by atoms with Crippen molar-refractivity contribution in [1.82, 2.24) is 15.0 Å². The van der Waals surface area contributed by atoms with Crippen LogP contribution in [0.5, 0.6) is 6.01 Å². The van der Waals surface area contributed by atoms with Gasteiger partial charge in [-0.1, -0.05) is 6.07 Å². The van der Waals surface area contributed by atoms with E-state index in [1.807, 2.05) is 17.5 Å². The van der Waals surface area contributed by atoms with E-state index in [2.05, 4.69) is 25.2 Å². The van der Waals surface area contributed by atoms with Gasteiger partial charge in [0, 0.05) is 25.0 Å². The quantitative estimate of drug-likeness (QED) is 0.916. The number of thiophene rings is 1. The minimum atomic E-state index is 0.378. The number of piperidine rings is 1. The molecular formula is C14H19N5OS. The second kappa shape index (κ2) is 6.71. The number of aromatic nitrogens is 3. The van der Waals surface area contributed by atoms with Crippen LogP contribution >= 0.6 is 11.3 Å². The van der Waals surface area contributed by atoms with E-state index < -0.39 is 0 Å². The largest absolute Gasteiger partial charge is 0.458 e. The highest BCUT2D eigenvalue weighted by Gasteiger charge is 2.16. The van der Waals surface area contributed by atoms with Crippen molar-refractivity contribution in [3.05, 3.63) is 22.4 Å². The molecule has 1 aliphatic heterocycles. The SMILES string of the molecule is CNc1nc(OCc2cccs2)nc(N2CCCCC2)n1. The fraction of sp³-hybridized carbons (Fsp3) is 0.500. The lowest BCUT2D eigenvalue weighted by molar-refractivity contribution is 0.283. The summed E-state index contributed by atoms with van der Waals surface area (Å²) in [5.74, 6) is 1.25. The van der Waals surface area contributed by atoms with Gasteiger partial charge in [-0.25, -0.2) is 0 Å². The highest BCUT2D eigenvalue weighted by Crippen LogP contribution is 2.20. The third kappa shape index (κ3) is 3.60. The average Bonchev–Trinajstić information content (AvgIpc) is 3.07. The van der Waals surface area contributed by atoms with Crippen molar-refractivity contribution in [2.24, 2.45) is 0 Å². The minimum absolute atomic E-state index is 0.378. The number of ether oxygens (including phenoxy) is 1. The van der Waals surface area contributed by atoms with Gasteiger partial charge >= 0.3 is 6.01 Å². The van der Waals surface area contributed by atoms with Crippen LogP contribution in [-0.2, 0) is 6.61 Å². The summed E-state index contributed by atoms with van der Waals surface area (Å²) < 4.78 is 5.71. The molecule has 0 aromatic carbocycles. The zero-order chi connectivity index (χ0) is 14.5. The lowest BCUT2D eigenvalue weighted by Crippen LogP contribution is -2.31. The summed E-state index contributed by atoms with van der Waals surface area (Å²) in [7, 11) is 1.80. The summed E-state index contributed by atoms with van der Waals surface area (Å²) in [6.07, 6.45) is 3.65. The van der Waals surface area contributed by atoms with Gasteiger partial charge < -0.3 is 15.0 Å². The highest BCUT2D eigenvalue weighted by atomic mass is 32.1. The molecule has 3 rings (SSSR count). The molecule has 1 saturated heterocycles. The summed E-state index contributed by atoms with van der Waals surface area (Å²) in [6, 6.07) is 4.43. The first-order valence-electron chi connectivity index (χ1n) is 7.19. The standard InChI is InChI=1S/C14H19N5OS/c1-15-12-16-13(19-7-3-2-4-8-19)18-14(17-12)20-10-11-6-5-9-21-11/h5-6,9H,2-4,7-8,10H2,1H3,(H,15,16,17,18). The molecule has 1 N–H and O–H groups in total. The van der Waals surface area contributed by atoms with Gasteiger partial charge in [0.15, 0.2) is 0 Å². The Morgan fingerprint density at radius 1 is 1.24 bits per heavy atom. The number of hydrogen-bond acceptors (Lipinski definition) is 7. The number of anilines is 2. The Morgan fingerprint density at radius 3 is 2.81 bits per heavy atom. The molecule has 112 valence electrons. The van der Waals surface area contributed by atoms with Gasteiger partial charge in [-0.3, -0.25) is 0 Å². The molecular weight excluding hydrogens is 286 g/mol. The van der Waals surface area contributed by atoms with Crippen LogP contribution in [0.15, 0.2) is 17.5 Å². The van der Waals surface area contributed by atoms with Crippen molar-refractivity contribution in [1.29, 1.82) is 0 Å². The molecule has 0 saturated carbocycles. The Balaban J connectivity index is 1.75. The van der Waals surface area contributed by atoms with Gasteiger partial charge in [0.1, 0.15) is 6.61 Å². The van der Waals surface area contributed by atoms with Gasteiger partial charge in [-0.15, -0.1) is 11.3 Å². The van der Waals surface area contributed by atoms with E-state index >= 15 is 0 Å².